The standard InChI is InChI=1S/C22H24N4O4S/c1-2-31(29,30)24-16-8-9-20-18(14-16)19(22(27)28)15-21(23-20)26-12-10-25(11-13-26)17-6-4-3-5-7-17/h3-9,14-15,24H,2,10-13H2,1H3,(H,27,28). The zero-order valence-electron chi connectivity index (χ0n) is 17.2. The average Bonchev–Trinajstić information content (AvgIpc) is 2.78. The second-order valence-corrected chi connectivity index (χ2v) is 9.39. The molecule has 8 nitrogen and oxygen atoms in total. The molecule has 9 heteroatoms. The van der Waals surface area contributed by atoms with Gasteiger partial charge in [0.15, 0.2) is 0 Å². The Morgan fingerprint density at radius 1 is 1.03 bits per heavy atom. The van der Waals surface area contributed by atoms with Gasteiger partial charge in [-0.25, -0.2) is 18.2 Å². The quantitative estimate of drug-likeness (QED) is 0.607. The second-order valence-electron chi connectivity index (χ2n) is 7.38. The first-order valence-corrected chi connectivity index (χ1v) is 11.7. The van der Waals surface area contributed by atoms with E-state index in [2.05, 4.69) is 31.6 Å². The van der Waals surface area contributed by atoms with Crippen LogP contribution in [0.15, 0.2) is 54.6 Å². The Kier molecular flexibility index (Phi) is 5.69. The highest BCUT2D eigenvalue weighted by Crippen LogP contribution is 2.27. The molecule has 1 aliphatic heterocycles. The van der Waals surface area contributed by atoms with Crippen molar-refractivity contribution in [3.05, 3.63) is 60.2 Å². The monoisotopic (exact) mass is 440 g/mol. The summed E-state index contributed by atoms with van der Waals surface area (Å²) in [6.07, 6.45) is 0. The molecular formula is C22H24N4O4S. The van der Waals surface area contributed by atoms with Crippen LogP contribution in [0.3, 0.4) is 0 Å². The van der Waals surface area contributed by atoms with Crippen LogP contribution in [0.25, 0.3) is 10.9 Å². The Bertz CT molecular complexity index is 1210. The lowest BCUT2D eigenvalue weighted by molar-refractivity contribution is 0.0699. The molecule has 31 heavy (non-hydrogen) atoms. The topological polar surface area (TPSA) is 103 Å². The van der Waals surface area contributed by atoms with E-state index < -0.39 is 16.0 Å². The maximum absolute atomic E-state index is 11.9. The largest absolute Gasteiger partial charge is 0.478 e. The Morgan fingerprint density at radius 3 is 2.35 bits per heavy atom. The number of pyridine rings is 1. The van der Waals surface area contributed by atoms with Gasteiger partial charge >= 0.3 is 5.97 Å². The maximum Gasteiger partial charge on any atom is 0.336 e. The fourth-order valence-electron chi connectivity index (χ4n) is 3.70. The SMILES string of the molecule is CCS(=O)(=O)Nc1ccc2nc(N3CCN(c4ccccc4)CC3)cc(C(=O)O)c2c1. The molecule has 0 saturated carbocycles. The number of aromatic nitrogens is 1. The van der Waals surface area contributed by atoms with Gasteiger partial charge in [0.1, 0.15) is 5.82 Å². The number of fused-ring (bicyclic) bond motifs is 1. The predicted octanol–water partition coefficient (Wildman–Crippen LogP) is 3.02. The van der Waals surface area contributed by atoms with Gasteiger partial charge in [0, 0.05) is 42.9 Å². The van der Waals surface area contributed by atoms with Crippen LogP contribution in [-0.4, -0.2) is 56.4 Å². The van der Waals surface area contributed by atoms with E-state index in [-0.39, 0.29) is 11.3 Å². The average molecular weight is 441 g/mol. The lowest BCUT2D eigenvalue weighted by Crippen LogP contribution is -2.46. The molecule has 4 rings (SSSR count). The molecule has 0 spiro atoms. The third-order valence-electron chi connectivity index (χ3n) is 5.40. The fraction of sp³-hybridized carbons (Fsp3) is 0.273. The maximum atomic E-state index is 11.9. The Hall–Kier alpha value is -3.33. The molecule has 1 aromatic heterocycles. The molecule has 1 saturated heterocycles. The summed E-state index contributed by atoms with van der Waals surface area (Å²) < 4.78 is 26.2. The van der Waals surface area contributed by atoms with Crippen molar-refractivity contribution in [3.63, 3.8) is 0 Å². The first-order valence-electron chi connectivity index (χ1n) is 10.1. The third kappa shape index (κ3) is 4.56. The summed E-state index contributed by atoms with van der Waals surface area (Å²) in [6.45, 7) is 4.60. The van der Waals surface area contributed by atoms with Crippen molar-refractivity contribution < 1.29 is 18.3 Å². The molecule has 0 amide bonds. The van der Waals surface area contributed by atoms with Gasteiger partial charge < -0.3 is 14.9 Å². The van der Waals surface area contributed by atoms with Gasteiger partial charge in [0.05, 0.1) is 16.8 Å². The first-order chi connectivity index (χ1) is 14.9. The summed E-state index contributed by atoms with van der Waals surface area (Å²) in [5.74, 6) is -0.533. The van der Waals surface area contributed by atoms with Crippen molar-refractivity contribution in [3.8, 4) is 0 Å². The van der Waals surface area contributed by atoms with Gasteiger partial charge in [-0.1, -0.05) is 18.2 Å². The van der Waals surface area contributed by atoms with Crippen LogP contribution in [0, 0.1) is 0 Å². The summed E-state index contributed by atoms with van der Waals surface area (Å²) >= 11 is 0. The van der Waals surface area contributed by atoms with E-state index in [9.17, 15) is 18.3 Å². The lowest BCUT2D eigenvalue weighted by atomic mass is 10.1. The summed E-state index contributed by atoms with van der Waals surface area (Å²) in [6, 6.07) is 16.5. The van der Waals surface area contributed by atoms with E-state index in [4.69, 9.17) is 0 Å². The van der Waals surface area contributed by atoms with E-state index in [0.717, 1.165) is 26.2 Å². The van der Waals surface area contributed by atoms with Crippen molar-refractivity contribution >= 4 is 44.1 Å². The number of hydrogen-bond donors (Lipinski definition) is 2. The predicted molar refractivity (Wildman–Crippen MR) is 123 cm³/mol. The second kappa shape index (κ2) is 8.43. The molecule has 3 aromatic rings. The van der Waals surface area contributed by atoms with E-state index >= 15 is 0 Å². The number of aromatic carboxylic acids is 1. The lowest BCUT2D eigenvalue weighted by Gasteiger charge is -2.37. The van der Waals surface area contributed by atoms with E-state index in [0.29, 0.717) is 22.4 Å². The highest BCUT2D eigenvalue weighted by Gasteiger charge is 2.21. The number of anilines is 3. The summed E-state index contributed by atoms with van der Waals surface area (Å²) in [5, 5.41) is 10.2. The van der Waals surface area contributed by atoms with Crippen LogP contribution in [0.2, 0.25) is 0 Å². The van der Waals surface area contributed by atoms with Gasteiger partial charge in [-0.2, -0.15) is 0 Å². The minimum absolute atomic E-state index is 0.0665. The number of para-hydroxylation sites is 1. The highest BCUT2D eigenvalue weighted by atomic mass is 32.2. The van der Waals surface area contributed by atoms with Gasteiger partial charge in [0.25, 0.3) is 0 Å². The smallest absolute Gasteiger partial charge is 0.336 e. The van der Waals surface area contributed by atoms with E-state index in [1.807, 2.05) is 18.2 Å². The van der Waals surface area contributed by atoms with E-state index in [1.165, 1.54) is 18.7 Å². The van der Waals surface area contributed by atoms with Gasteiger partial charge in [-0.15, -0.1) is 0 Å². The Balaban J connectivity index is 1.61. The normalized spacial score (nSPS) is 14.6. The molecule has 0 unspecified atom stereocenters. The summed E-state index contributed by atoms with van der Waals surface area (Å²) in [5.41, 5.74) is 2.10. The number of rotatable bonds is 6. The van der Waals surface area contributed by atoms with Crippen molar-refractivity contribution in [2.75, 3.05) is 46.5 Å². The molecule has 2 N–H and O–H groups in total. The molecule has 2 aromatic carbocycles. The van der Waals surface area contributed by atoms with Crippen LogP contribution >= 0.6 is 0 Å². The van der Waals surface area contributed by atoms with Gasteiger partial charge in [-0.05, 0) is 43.3 Å². The van der Waals surface area contributed by atoms with Crippen molar-refractivity contribution in [2.24, 2.45) is 0 Å². The zero-order valence-corrected chi connectivity index (χ0v) is 18.0. The summed E-state index contributed by atoms with van der Waals surface area (Å²) in [4.78, 5) is 21.0. The number of nitrogens with one attached hydrogen (secondary N) is 1. The number of sulfonamides is 1. The molecular weight excluding hydrogens is 416 g/mol. The Morgan fingerprint density at radius 2 is 1.71 bits per heavy atom. The minimum atomic E-state index is -3.46. The molecule has 0 atom stereocenters. The molecule has 0 bridgehead atoms. The van der Waals surface area contributed by atoms with Crippen molar-refractivity contribution in [2.45, 2.75) is 6.92 Å². The molecule has 1 fully saturated rings. The number of piperazine rings is 1. The number of nitrogens with zero attached hydrogens (tertiary/aromatic N) is 3. The van der Waals surface area contributed by atoms with Gasteiger partial charge in [-0.3, -0.25) is 4.72 Å². The van der Waals surface area contributed by atoms with Crippen LogP contribution in [0.4, 0.5) is 17.2 Å². The zero-order chi connectivity index (χ0) is 22.0. The third-order valence-corrected chi connectivity index (χ3v) is 6.71. The van der Waals surface area contributed by atoms with Crippen LogP contribution < -0.4 is 14.5 Å². The van der Waals surface area contributed by atoms with Gasteiger partial charge in [0.2, 0.25) is 10.0 Å². The number of carboxylic acid groups (broad SMARTS) is 1. The minimum Gasteiger partial charge on any atom is -0.478 e. The molecule has 0 radical (unpaired) electrons. The number of benzene rings is 2. The van der Waals surface area contributed by atoms with Crippen LogP contribution in [-0.2, 0) is 10.0 Å². The molecule has 0 aliphatic carbocycles. The highest BCUT2D eigenvalue weighted by molar-refractivity contribution is 7.92. The summed E-state index contributed by atoms with van der Waals surface area (Å²) in [7, 11) is -3.46. The molecule has 1 aliphatic rings. The first kappa shape index (κ1) is 20.9. The van der Waals surface area contributed by atoms with Crippen LogP contribution in [0.5, 0.6) is 0 Å². The molecule has 2 heterocycles. The number of carbonyl (C=O) groups is 1. The Labute approximate surface area is 181 Å². The number of carboxylic acids is 1. The molecule has 162 valence electrons. The van der Waals surface area contributed by atoms with Crippen molar-refractivity contribution in [1.82, 2.24) is 4.98 Å². The fourth-order valence-corrected chi connectivity index (χ4v) is 4.33. The van der Waals surface area contributed by atoms with Crippen molar-refractivity contribution in [1.29, 1.82) is 0 Å². The van der Waals surface area contributed by atoms with Crippen LogP contribution in [0.1, 0.15) is 17.3 Å². The van der Waals surface area contributed by atoms with E-state index in [1.54, 1.807) is 18.2 Å². The number of hydrogen-bond acceptors (Lipinski definition) is 6.